The smallest absolute Gasteiger partial charge is 0.126 e. The number of hydrogen-bond donors (Lipinski definition) is 1. The van der Waals surface area contributed by atoms with Gasteiger partial charge >= 0.3 is 0 Å². The van der Waals surface area contributed by atoms with Gasteiger partial charge in [0.15, 0.2) is 0 Å². The van der Waals surface area contributed by atoms with Crippen molar-refractivity contribution in [2.45, 2.75) is 33.2 Å². The molecule has 0 bridgehead atoms. The van der Waals surface area contributed by atoms with E-state index >= 15 is 0 Å². The van der Waals surface area contributed by atoms with Crippen LogP contribution in [-0.2, 0) is 6.54 Å². The molecule has 0 fully saturated rings. The summed E-state index contributed by atoms with van der Waals surface area (Å²) >= 11 is 0. The predicted octanol–water partition coefficient (Wildman–Crippen LogP) is 3.49. The zero-order valence-corrected chi connectivity index (χ0v) is 9.89. The van der Waals surface area contributed by atoms with E-state index < -0.39 is 11.6 Å². The van der Waals surface area contributed by atoms with Crippen LogP contribution in [0.5, 0.6) is 0 Å². The lowest BCUT2D eigenvalue weighted by atomic mass is 10.1. The molecule has 0 atom stereocenters. The van der Waals surface area contributed by atoms with E-state index in [-0.39, 0.29) is 0 Å². The van der Waals surface area contributed by atoms with Crippen LogP contribution in [0.1, 0.15) is 32.3 Å². The molecule has 0 spiro atoms. The van der Waals surface area contributed by atoms with E-state index in [1.807, 2.05) is 0 Å². The predicted molar refractivity (Wildman–Crippen MR) is 62.1 cm³/mol. The topological polar surface area (TPSA) is 12.0 Å². The molecule has 1 nitrogen and oxygen atoms in total. The number of benzene rings is 1. The first-order valence-corrected chi connectivity index (χ1v) is 5.73. The summed E-state index contributed by atoms with van der Waals surface area (Å²) in [6.07, 6.45) is 2.26. The Labute approximate surface area is 95.9 Å². The largest absolute Gasteiger partial charge is 0.313 e. The lowest BCUT2D eigenvalue weighted by molar-refractivity contribution is 0.525. The van der Waals surface area contributed by atoms with Crippen molar-refractivity contribution >= 4 is 0 Å². The molecule has 1 N–H and O–H groups in total. The first-order valence-electron chi connectivity index (χ1n) is 5.73. The maximum Gasteiger partial charge on any atom is 0.126 e. The van der Waals surface area contributed by atoms with Crippen molar-refractivity contribution in [3.63, 3.8) is 0 Å². The average Bonchev–Trinajstić information content (AvgIpc) is 2.15. The second-order valence-corrected chi connectivity index (χ2v) is 4.49. The Hall–Kier alpha value is -0.960. The van der Waals surface area contributed by atoms with Crippen molar-refractivity contribution in [3.05, 3.63) is 35.4 Å². The molecule has 0 radical (unpaired) electrons. The van der Waals surface area contributed by atoms with Gasteiger partial charge in [0.25, 0.3) is 0 Å². The SMILES string of the molecule is CC(C)CCCNCc1cc(F)cc(F)c1. The fraction of sp³-hybridized carbons (Fsp3) is 0.538. The minimum absolute atomic E-state index is 0.515. The van der Waals surface area contributed by atoms with Crippen LogP contribution in [0.4, 0.5) is 8.78 Å². The first kappa shape index (κ1) is 13.1. The molecule has 1 aromatic carbocycles. The highest BCUT2D eigenvalue weighted by Crippen LogP contribution is 2.08. The summed E-state index contributed by atoms with van der Waals surface area (Å²) in [5, 5.41) is 3.18. The molecule has 0 unspecified atom stereocenters. The van der Waals surface area contributed by atoms with Gasteiger partial charge in [0.05, 0.1) is 0 Å². The van der Waals surface area contributed by atoms with Crippen molar-refractivity contribution in [3.8, 4) is 0 Å². The zero-order chi connectivity index (χ0) is 12.0. The molecule has 0 amide bonds. The van der Waals surface area contributed by atoms with Crippen molar-refractivity contribution in [2.24, 2.45) is 5.92 Å². The Morgan fingerprint density at radius 3 is 2.31 bits per heavy atom. The molecule has 0 aromatic heterocycles. The molecule has 90 valence electrons. The van der Waals surface area contributed by atoms with Gasteiger partial charge in [0.2, 0.25) is 0 Å². The number of halogens is 2. The second kappa shape index (κ2) is 6.59. The van der Waals surface area contributed by atoms with Crippen LogP contribution in [-0.4, -0.2) is 6.54 Å². The van der Waals surface area contributed by atoms with Gasteiger partial charge in [-0.2, -0.15) is 0 Å². The van der Waals surface area contributed by atoms with E-state index in [1.165, 1.54) is 18.6 Å². The fourth-order valence-electron chi connectivity index (χ4n) is 1.58. The van der Waals surface area contributed by atoms with E-state index in [0.717, 1.165) is 19.0 Å². The van der Waals surface area contributed by atoms with Gasteiger partial charge in [-0.25, -0.2) is 8.78 Å². The Balaban J connectivity index is 2.26. The average molecular weight is 227 g/mol. The lowest BCUT2D eigenvalue weighted by Crippen LogP contribution is -2.15. The maximum atomic E-state index is 12.8. The maximum absolute atomic E-state index is 12.8. The van der Waals surface area contributed by atoms with Crippen LogP contribution >= 0.6 is 0 Å². The van der Waals surface area contributed by atoms with Crippen molar-refractivity contribution < 1.29 is 8.78 Å². The first-order chi connectivity index (χ1) is 7.58. The number of nitrogens with one attached hydrogen (secondary N) is 1. The Kier molecular flexibility index (Phi) is 5.39. The Morgan fingerprint density at radius 1 is 1.12 bits per heavy atom. The summed E-state index contributed by atoms with van der Waals surface area (Å²) in [4.78, 5) is 0. The lowest BCUT2D eigenvalue weighted by Gasteiger charge is -2.07. The third kappa shape index (κ3) is 5.21. The Bertz CT molecular complexity index is 303. The van der Waals surface area contributed by atoms with Gasteiger partial charge in [0.1, 0.15) is 11.6 Å². The van der Waals surface area contributed by atoms with Crippen LogP contribution in [0.3, 0.4) is 0 Å². The van der Waals surface area contributed by atoms with Gasteiger partial charge < -0.3 is 5.32 Å². The van der Waals surface area contributed by atoms with Crippen LogP contribution < -0.4 is 5.32 Å². The molecule has 0 saturated heterocycles. The van der Waals surface area contributed by atoms with Crippen LogP contribution in [0, 0.1) is 17.6 Å². The molecule has 1 rings (SSSR count). The summed E-state index contributed by atoms with van der Waals surface area (Å²) in [5.41, 5.74) is 0.655. The van der Waals surface area contributed by atoms with E-state index in [9.17, 15) is 8.78 Å². The third-order valence-electron chi connectivity index (χ3n) is 2.39. The van der Waals surface area contributed by atoms with Gasteiger partial charge in [-0.3, -0.25) is 0 Å². The van der Waals surface area contributed by atoms with Crippen molar-refractivity contribution in [2.75, 3.05) is 6.54 Å². The molecular formula is C13H19F2N. The molecule has 0 aliphatic carbocycles. The molecule has 0 heterocycles. The van der Waals surface area contributed by atoms with Crippen LogP contribution in [0.15, 0.2) is 18.2 Å². The molecule has 0 aliphatic rings. The molecule has 0 aliphatic heterocycles. The van der Waals surface area contributed by atoms with Gasteiger partial charge in [-0.15, -0.1) is 0 Å². The summed E-state index contributed by atoms with van der Waals surface area (Å²) < 4.78 is 25.7. The van der Waals surface area contributed by atoms with Crippen LogP contribution in [0.2, 0.25) is 0 Å². The molecule has 1 aromatic rings. The fourth-order valence-corrected chi connectivity index (χ4v) is 1.58. The van der Waals surface area contributed by atoms with Crippen molar-refractivity contribution in [1.82, 2.24) is 5.32 Å². The monoisotopic (exact) mass is 227 g/mol. The summed E-state index contributed by atoms with van der Waals surface area (Å²) in [5.74, 6) is -0.327. The quantitative estimate of drug-likeness (QED) is 0.733. The molecular weight excluding hydrogens is 208 g/mol. The van der Waals surface area contributed by atoms with E-state index in [4.69, 9.17) is 0 Å². The highest BCUT2D eigenvalue weighted by molar-refractivity contribution is 5.17. The summed E-state index contributed by atoms with van der Waals surface area (Å²) in [7, 11) is 0. The summed E-state index contributed by atoms with van der Waals surface area (Å²) in [6, 6.07) is 3.61. The van der Waals surface area contributed by atoms with E-state index in [2.05, 4.69) is 19.2 Å². The van der Waals surface area contributed by atoms with Crippen molar-refractivity contribution in [1.29, 1.82) is 0 Å². The van der Waals surface area contributed by atoms with Crippen LogP contribution in [0.25, 0.3) is 0 Å². The zero-order valence-electron chi connectivity index (χ0n) is 9.89. The summed E-state index contributed by atoms with van der Waals surface area (Å²) in [6.45, 7) is 5.77. The van der Waals surface area contributed by atoms with Gasteiger partial charge in [-0.05, 0) is 43.0 Å². The minimum atomic E-state index is -0.515. The molecule has 3 heteroatoms. The Morgan fingerprint density at radius 2 is 1.75 bits per heavy atom. The highest BCUT2D eigenvalue weighted by atomic mass is 19.1. The minimum Gasteiger partial charge on any atom is -0.313 e. The van der Waals surface area contributed by atoms with Gasteiger partial charge in [-0.1, -0.05) is 13.8 Å². The van der Waals surface area contributed by atoms with E-state index in [1.54, 1.807) is 0 Å². The molecule has 0 saturated carbocycles. The third-order valence-corrected chi connectivity index (χ3v) is 2.39. The highest BCUT2D eigenvalue weighted by Gasteiger charge is 2.00. The number of rotatable bonds is 6. The standard InChI is InChI=1S/C13H19F2N/c1-10(2)4-3-5-16-9-11-6-12(14)8-13(15)7-11/h6-8,10,16H,3-5,9H2,1-2H3. The second-order valence-electron chi connectivity index (χ2n) is 4.49. The van der Waals surface area contributed by atoms with E-state index in [0.29, 0.717) is 18.0 Å². The normalized spacial score (nSPS) is 11.1. The number of hydrogen-bond acceptors (Lipinski definition) is 1. The molecule has 16 heavy (non-hydrogen) atoms. The van der Waals surface area contributed by atoms with Gasteiger partial charge in [0, 0.05) is 12.6 Å².